The normalized spacial score (nSPS) is 21.0. The van der Waals surface area contributed by atoms with E-state index in [4.69, 9.17) is 14.7 Å². The molecule has 2 fully saturated rings. The SMILES string of the molecule is COC1CCCN(C(=O)C2CCN(c3nc(C)c4cc(C)c(C)cc4n3)CC2)C1. The van der Waals surface area contributed by atoms with Crippen molar-refractivity contribution in [3.63, 3.8) is 0 Å². The smallest absolute Gasteiger partial charge is 0.226 e. The van der Waals surface area contributed by atoms with Gasteiger partial charge < -0.3 is 14.5 Å². The highest BCUT2D eigenvalue weighted by atomic mass is 16.5. The number of benzene rings is 1. The van der Waals surface area contributed by atoms with Gasteiger partial charge >= 0.3 is 0 Å². The Morgan fingerprint density at radius 3 is 2.48 bits per heavy atom. The lowest BCUT2D eigenvalue weighted by molar-refractivity contribution is -0.139. The number of nitrogens with zero attached hydrogens (tertiary/aromatic N) is 4. The fourth-order valence-electron chi connectivity index (χ4n) is 4.58. The van der Waals surface area contributed by atoms with Crippen LogP contribution in [0, 0.1) is 26.7 Å². The summed E-state index contributed by atoms with van der Waals surface area (Å²) in [6.07, 6.45) is 4.00. The van der Waals surface area contributed by atoms with E-state index >= 15 is 0 Å². The number of anilines is 1. The molecule has 2 saturated heterocycles. The number of fused-ring (bicyclic) bond motifs is 1. The third-order valence-corrected chi connectivity index (χ3v) is 6.64. The van der Waals surface area contributed by atoms with Crippen LogP contribution < -0.4 is 4.90 Å². The molecule has 1 aromatic carbocycles. The summed E-state index contributed by atoms with van der Waals surface area (Å²) in [5.41, 5.74) is 4.55. The van der Waals surface area contributed by atoms with Crippen molar-refractivity contribution in [2.45, 2.75) is 52.6 Å². The molecule has 0 N–H and O–H groups in total. The number of ether oxygens (including phenoxy) is 1. The van der Waals surface area contributed by atoms with Crippen molar-refractivity contribution in [3.8, 4) is 0 Å². The Kier molecular flexibility index (Phi) is 5.72. The third kappa shape index (κ3) is 4.08. The number of likely N-dealkylation sites (tertiary alicyclic amines) is 1. The van der Waals surface area contributed by atoms with E-state index < -0.39 is 0 Å². The van der Waals surface area contributed by atoms with Gasteiger partial charge in [-0.05, 0) is 69.7 Å². The minimum Gasteiger partial charge on any atom is -0.380 e. The standard InChI is InChI=1S/C23H32N4O2/c1-15-12-20-17(3)24-23(25-21(20)13-16(15)2)26-10-7-18(8-11-26)22(28)27-9-5-6-19(14-27)29-4/h12-13,18-19H,5-11,14H2,1-4H3. The van der Waals surface area contributed by atoms with Crippen molar-refractivity contribution < 1.29 is 9.53 Å². The lowest BCUT2D eigenvalue weighted by Crippen LogP contribution is -2.48. The van der Waals surface area contributed by atoms with Crippen molar-refractivity contribution >= 4 is 22.8 Å². The summed E-state index contributed by atoms with van der Waals surface area (Å²) in [5, 5.41) is 1.12. The van der Waals surface area contributed by atoms with Gasteiger partial charge in [-0.15, -0.1) is 0 Å². The minimum atomic E-state index is 0.105. The quantitative estimate of drug-likeness (QED) is 0.796. The molecule has 0 spiro atoms. The molecular weight excluding hydrogens is 364 g/mol. The molecule has 6 nitrogen and oxygen atoms in total. The maximum atomic E-state index is 13.0. The molecule has 1 amide bonds. The van der Waals surface area contributed by atoms with Crippen LogP contribution >= 0.6 is 0 Å². The van der Waals surface area contributed by atoms with Crippen LogP contribution in [0.15, 0.2) is 12.1 Å². The summed E-state index contributed by atoms with van der Waals surface area (Å²) in [6, 6.07) is 4.34. The second-order valence-corrected chi connectivity index (χ2v) is 8.61. The Balaban J connectivity index is 1.44. The Labute approximate surface area is 173 Å². The topological polar surface area (TPSA) is 58.6 Å². The van der Waals surface area contributed by atoms with Crippen molar-refractivity contribution in [1.82, 2.24) is 14.9 Å². The van der Waals surface area contributed by atoms with Crippen molar-refractivity contribution in [3.05, 3.63) is 29.0 Å². The number of piperidine rings is 2. The number of amides is 1. The van der Waals surface area contributed by atoms with E-state index in [-0.39, 0.29) is 12.0 Å². The highest BCUT2D eigenvalue weighted by Crippen LogP contribution is 2.27. The fraction of sp³-hybridized carbons (Fsp3) is 0.609. The second-order valence-electron chi connectivity index (χ2n) is 8.61. The van der Waals surface area contributed by atoms with Gasteiger partial charge in [0.05, 0.1) is 17.3 Å². The molecule has 2 aliphatic heterocycles. The maximum absolute atomic E-state index is 13.0. The average molecular weight is 397 g/mol. The molecule has 1 unspecified atom stereocenters. The largest absolute Gasteiger partial charge is 0.380 e. The average Bonchev–Trinajstić information content (AvgIpc) is 2.74. The summed E-state index contributed by atoms with van der Waals surface area (Å²) in [5.74, 6) is 1.20. The fourth-order valence-corrected chi connectivity index (χ4v) is 4.58. The third-order valence-electron chi connectivity index (χ3n) is 6.64. The van der Waals surface area contributed by atoms with E-state index in [0.29, 0.717) is 5.91 Å². The van der Waals surface area contributed by atoms with Crippen molar-refractivity contribution in [1.29, 1.82) is 0 Å². The number of rotatable bonds is 3. The Morgan fingerprint density at radius 1 is 1.03 bits per heavy atom. The van der Waals surface area contributed by atoms with Gasteiger partial charge in [0, 0.05) is 44.6 Å². The van der Waals surface area contributed by atoms with Crippen LogP contribution in [0.4, 0.5) is 5.95 Å². The van der Waals surface area contributed by atoms with Crippen LogP contribution in [0.2, 0.25) is 0 Å². The number of hydrogen-bond donors (Lipinski definition) is 0. The predicted octanol–water partition coefficient (Wildman–Crippen LogP) is 3.41. The van der Waals surface area contributed by atoms with Crippen molar-refractivity contribution in [2.75, 3.05) is 38.2 Å². The van der Waals surface area contributed by atoms with Gasteiger partial charge in [-0.2, -0.15) is 0 Å². The number of carbonyl (C=O) groups is 1. The van der Waals surface area contributed by atoms with Crippen LogP contribution in [0.1, 0.15) is 42.5 Å². The molecule has 0 saturated carbocycles. The molecule has 1 atom stereocenters. The van der Waals surface area contributed by atoms with Gasteiger partial charge in [-0.1, -0.05) is 0 Å². The van der Waals surface area contributed by atoms with Crippen LogP contribution in [-0.2, 0) is 9.53 Å². The monoisotopic (exact) mass is 396 g/mol. The lowest BCUT2D eigenvalue weighted by Gasteiger charge is -2.37. The first-order valence-electron chi connectivity index (χ1n) is 10.8. The molecule has 2 aliphatic rings. The van der Waals surface area contributed by atoms with E-state index in [1.165, 1.54) is 11.1 Å². The molecule has 29 heavy (non-hydrogen) atoms. The summed E-state index contributed by atoms with van der Waals surface area (Å²) in [4.78, 5) is 26.9. The van der Waals surface area contributed by atoms with Gasteiger partial charge in [0.2, 0.25) is 11.9 Å². The van der Waals surface area contributed by atoms with E-state index in [2.05, 4.69) is 37.8 Å². The molecule has 4 rings (SSSR count). The molecule has 156 valence electrons. The highest BCUT2D eigenvalue weighted by Gasteiger charge is 2.32. The second kappa shape index (κ2) is 8.27. The zero-order valence-electron chi connectivity index (χ0n) is 18.1. The van der Waals surface area contributed by atoms with Crippen molar-refractivity contribution in [2.24, 2.45) is 5.92 Å². The highest BCUT2D eigenvalue weighted by molar-refractivity contribution is 5.83. The van der Waals surface area contributed by atoms with Crippen LogP contribution in [0.5, 0.6) is 0 Å². The molecule has 1 aromatic heterocycles. The number of carbonyl (C=O) groups excluding carboxylic acids is 1. The number of aryl methyl sites for hydroxylation is 3. The number of hydrogen-bond acceptors (Lipinski definition) is 5. The Bertz CT molecular complexity index is 905. The molecule has 0 aliphatic carbocycles. The molecule has 6 heteroatoms. The van der Waals surface area contributed by atoms with E-state index in [9.17, 15) is 4.79 Å². The summed E-state index contributed by atoms with van der Waals surface area (Å²) in [7, 11) is 1.74. The van der Waals surface area contributed by atoms with Crippen LogP contribution in [0.25, 0.3) is 10.9 Å². The minimum absolute atomic E-state index is 0.105. The summed E-state index contributed by atoms with van der Waals surface area (Å²) in [6.45, 7) is 9.56. The zero-order valence-corrected chi connectivity index (χ0v) is 18.1. The van der Waals surface area contributed by atoms with E-state index in [0.717, 1.165) is 74.4 Å². The first kappa shape index (κ1) is 20.1. The molecular formula is C23H32N4O2. The molecule has 0 radical (unpaired) electrons. The number of methoxy groups -OCH3 is 1. The molecule has 2 aromatic rings. The first-order valence-corrected chi connectivity index (χ1v) is 10.8. The van der Waals surface area contributed by atoms with Gasteiger partial charge in [-0.3, -0.25) is 4.79 Å². The van der Waals surface area contributed by atoms with Crippen LogP contribution in [-0.4, -0.2) is 60.2 Å². The predicted molar refractivity (Wildman–Crippen MR) is 115 cm³/mol. The lowest BCUT2D eigenvalue weighted by atomic mass is 9.94. The van der Waals surface area contributed by atoms with Crippen LogP contribution in [0.3, 0.4) is 0 Å². The number of aromatic nitrogens is 2. The molecule has 0 bridgehead atoms. The maximum Gasteiger partial charge on any atom is 0.226 e. The van der Waals surface area contributed by atoms with Gasteiger partial charge in [0.15, 0.2) is 0 Å². The Hall–Kier alpha value is -2.21. The molecule has 3 heterocycles. The van der Waals surface area contributed by atoms with Gasteiger partial charge in [0.1, 0.15) is 0 Å². The summed E-state index contributed by atoms with van der Waals surface area (Å²) >= 11 is 0. The van der Waals surface area contributed by atoms with E-state index in [1.807, 2.05) is 4.90 Å². The first-order chi connectivity index (χ1) is 14.0. The van der Waals surface area contributed by atoms with E-state index in [1.54, 1.807) is 7.11 Å². The summed E-state index contributed by atoms with van der Waals surface area (Å²) < 4.78 is 5.48. The van der Waals surface area contributed by atoms with Gasteiger partial charge in [0.25, 0.3) is 0 Å². The van der Waals surface area contributed by atoms with Gasteiger partial charge in [-0.25, -0.2) is 9.97 Å². The zero-order chi connectivity index (χ0) is 20.5. The Morgan fingerprint density at radius 2 is 1.76 bits per heavy atom.